The van der Waals surface area contributed by atoms with Gasteiger partial charge in [-0.25, -0.2) is 0 Å². The number of amides is 1. The summed E-state index contributed by atoms with van der Waals surface area (Å²) in [5.74, 6) is -1.05. The first kappa shape index (κ1) is 14.1. The van der Waals surface area contributed by atoms with Gasteiger partial charge in [0.1, 0.15) is 10.7 Å². The van der Waals surface area contributed by atoms with Gasteiger partial charge in [-0.05, 0) is 25.1 Å². The van der Waals surface area contributed by atoms with Crippen LogP contribution in [-0.2, 0) is 19.7 Å². The summed E-state index contributed by atoms with van der Waals surface area (Å²) in [7, 11) is -4.48. The summed E-state index contributed by atoms with van der Waals surface area (Å²) in [6.45, 7) is 1.22. The highest BCUT2D eigenvalue weighted by Crippen LogP contribution is 2.23. The van der Waals surface area contributed by atoms with Gasteiger partial charge in [-0.1, -0.05) is 0 Å². The van der Waals surface area contributed by atoms with Gasteiger partial charge in [-0.3, -0.25) is 14.1 Å². The molecule has 98 valence electrons. The van der Waals surface area contributed by atoms with Gasteiger partial charge in [-0.2, -0.15) is 8.42 Å². The van der Waals surface area contributed by atoms with Crippen LogP contribution >= 0.6 is 0 Å². The molecule has 0 atom stereocenters. The van der Waals surface area contributed by atoms with Crippen LogP contribution in [0.2, 0.25) is 0 Å². The molecule has 7 nitrogen and oxygen atoms in total. The first-order valence-electron chi connectivity index (χ1n) is 4.86. The number of nitrogen functional groups attached to an aromatic ring is 1. The molecule has 0 fully saturated rings. The minimum atomic E-state index is -4.48. The van der Waals surface area contributed by atoms with Gasteiger partial charge >= 0.3 is 0 Å². The summed E-state index contributed by atoms with van der Waals surface area (Å²) in [6.07, 6.45) is -0.389. The number of nitrogens with two attached hydrogens (primary N) is 1. The largest absolute Gasteiger partial charge is 0.399 e. The molecule has 4 N–H and O–H groups in total. The molecule has 0 saturated carbocycles. The molecular weight excluding hydrogens is 260 g/mol. The molecule has 0 spiro atoms. The Labute approximate surface area is 104 Å². The third-order valence-corrected chi connectivity index (χ3v) is 2.88. The summed E-state index contributed by atoms with van der Waals surface area (Å²) >= 11 is 0. The molecule has 0 aliphatic heterocycles. The Balaban J connectivity index is 3.11. The predicted molar refractivity (Wildman–Crippen MR) is 64.6 cm³/mol. The third-order valence-electron chi connectivity index (χ3n) is 1.97. The maximum atomic E-state index is 11.4. The smallest absolute Gasteiger partial charge is 0.296 e. The van der Waals surface area contributed by atoms with E-state index in [0.29, 0.717) is 0 Å². The molecule has 18 heavy (non-hydrogen) atoms. The normalized spacial score (nSPS) is 11.0. The molecule has 1 aromatic carbocycles. The fourth-order valence-corrected chi connectivity index (χ4v) is 1.92. The molecule has 0 heterocycles. The molecule has 0 aliphatic rings. The van der Waals surface area contributed by atoms with Gasteiger partial charge < -0.3 is 11.1 Å². The minimum Gasteiger partial charge on any atom is -0.399 e. The molecule has 0 saturated heterocycles. The van der Waals surface area contributed by atoms with E-state index in [0.717, 1.165) is 6.07 Å². The maximum absolute atomic E-state index is 11.4. The van der Waals surface area contributed by atoms with Crippen LogP contribution in [0.5, 0.6) is 0 Å². The monoisotopic (exact) mass is 272 g/mol. The van der Waals surface area contributed by atoms with E-state index in [-0.39, 0.29) is 23.6 Å². The minimum absolute atomic E-state index is 0.163. The maximum Gasteiger partial charge on any atom is 0.296 e. The van der Waals surface area contributed by atoms with Crippen LogP contribution in [0.25, 0.3) is 0 Å². The summed E-state index contributed by atoms with van der Waals surface area (Å²) in [6, 6.07) is 3.51. The highest BCUT2D eigenvalue weighted by molar-refractivity contribution is 7.86. The Morgan fingerprint density at radius 3 is 2.50 bits per heavy atom. The SMILES string of the molecule is CC(=O)CC(=O)Nc1cc(N)ccc1S(=O)(=O)O. The van der Waals surface area contributed by atoms with Crippen molar-refractivity contribution in [2.24, 2.45) is 0 Å². The van der Waals surface area contributed by atoms with Crippen molar-refractivity contribution in [1.29, 1.82) is 0 Å². The van der Waals surface area contributed by atoms with E-state index < -0.39 is 20.9 Å². The number of nitrogens with one attached hydrogen (secondary N) is 1. The van der Waals surface area contributed by atoms with Crippen molar-refractivity contribution in [2.45, 2.75) is 18.2 Å². The highest BCUT2D eigenvalue weighted by atomic mass is 32.2. The van der Waals surface area contributed by atoms with Crippen molar-refractivity contribution >= 4 is 33.2 Å². The molecule has 1 rings (SSSR count). The number of ketones is 1. The molecule has 1 aromatic rings. The van der Waals surface area contributed by atoms with Crippen LogP contribution in [0, 0.1) is 0 Å². The standard InChI is InChI=1S/C10H12N2O5S/c1-6(13)4-10(14)12-8-5-7(11)2-3-9(8)18(15,16)17/h2-3,5H,4,11H2,1H3,(H,12,14)(H,15,16,17). The molecule has 8 heteroatoms. The number of carbonyl (C=O) groups excluding carboxylic acids is 2. The van der Waals surface area contributed by atoms with Crippen LogP contribution in [-0.4, -0.2) is 24.7 Å². The second-order valence-corrected chi connectivity index (χ2v) is 5.05. The zero-order valence-electron chi connectivity index (χ0n) is 9.50. The second-order valence-electron chi connectivity index (χ2n) is 3.66. The highest BCUT2D eigenvalue weighted by Gasteiger charge is 2.17. The van der Waals surface area contributed by atoms with E-state index in [1.165, 1.54) is 19.1 Å². The lowest BCUT2D eigenvalue weighted by atomic mass is 10.2. The average molecular weight is 272 g/mol. The first-order chi connectivity index (χ1) is 8.20. The van der Waals surface area contributed by atoms with Crippen molar-refractivity contribution in [1.82, 2.24) is 0 Å². The van der Waals surface area contributed by atoms with Crippen molar-refractivity contribution in [2.75, 3.05) is 11.1 Å². The summed E-state index contributed by atoms with van der Waals surface area (Å²) in [5, 5.41) is 2.21. The fourth-order valence-electron chi connectivity index (χ4n) is 1.29. The van der Waals surface area contributed by atoms with Crippen LogP contribution in [0.1, 0.15) is 13.3 Å². The number of carbonyl (C=O) groups is 2. The Hall–Kier alpha value is -1.93. The number of benzene rings is 1. The summed E-state index contributed by atoms with van der Waals surface area (Å²) < 4.78 is 31.1. The van der Waals surface area contributed by atoms with E-state index in [1.54, 1.807) is 0 Å². The second kappa shape index (κ2) is 5.15. The number of rotatable bonds is 4. The van der Waals surface area contributed by atoms with Gasteiger partial charge in [0, 0.05) is 5.69 Å². The quantitative estimate of drug-likeness (QED) is 0.414. The van der Waals surface area contributed by atoms with E-state index in [2.05, 4.69) is 5.32 Å². The topological polar surface area (TPSA) is 127 Å². The Morgan fingerprint density at radius 1 is 1.39 bits per heavy atom. The van der Waals surface area contributed by atoms with E-state index in [4.69, 9.17) is 10.3 Å². The van der Waals surface area contributed by atoms with E-state index >= 15 is 0 Å². The number of hydrogen-bond donors (Lipinski definition) is 3. The lowest BCUT2D eigenvalue weighted by Crippen LogP contribution is -2.17. The number of anilines is 2. The van der Waals surface area contributed by atoms with Gasteiger partial charge in [0.05, 0.1) is 12.1 Å². The van der Waals surface area contributed by atoms with Crippen LogP contribution in [0.3, 0.4) is 0 Å². The van der Waals surface area contributed by atoms with Crippen LogP contribution in [0.4, 0.5) is 11.4 Å². The Morgan fingerprint density at radius 2 is 2.00 bits per heavy atom. The van der Waals surface area contributed by atoms with E-state index in [1.807, 2.05) is 0 Å². The Kier molecular flexibility index (Phi) is 4.04. The van der Waals surface area contributed by atoms with Gasteiger partial charge in [-0.15, -0.1) is 0 Å². The molecule has 0 radical (unpaired) electrons. The lowest BCUT2D eigenvalue weighted by Gasteiger charge is -2.09. The van der Waals surface area contributed by atoms with Gasteiger partial charge in [0.15, 0.2) is 0 Å². The fraction of sp³-hybridized carbons (Fsp3) is 0.200. The van der Waals surface area contributed by atoms with Crippen molar-refractivity contribution < 1.29 is 22.6 Å². The first-order valence-corrected chi connectivity index (χ1v) is 6.30. The van der Waals surface area contributed by atoms with Gasteiger partial charge in [0.2, 0.25) is 5.91 Å². The van der Waals surface area contributed by atoms with Crippen molar-refractivity contribution in [3.63, 3.8) is 0 Å². The molecular formula is C10H12N2O5S. The van der Waals surface area contributed by atoms with E-state index in [9.17, 15) is 18.0 Å². The number of Topliss-reactive ketones (excluding diaryl/α,β-unsaturated/α-hetero) is 1. The summed E-state index contributed by atoms with van der Waals surface area (Å²) in [4.78, 5) is 21.6. The van der Waals surface area contributed by atoms with Crippen molar-refractivity contribution in [3.05, 3.63) is 18.2 Å². The molecule has 0 bridgehead atoms. The third kappa shape index (κ3) is 3.82. The molecule has 1 amide bonds. The predicted octanol–water partition coefficient (Wildman–Crippen LogP) is 0.433. The number of hydrogen-bond acceptors (Lipinski definition) is 5. The van der Waals surface area contributed by atoms with Crippen LogP contribution < -0.4 is 11.1 Å². The lowest BCUT2D eigenvalue weighted by molar-refractivity contribution is -0.124. The Bertz CT molecular complexity index is 594. The molecule has 0 unspecified atom stereocenters. The molecule has 0 aromatic heterocycles. The summed E-state index contributed by atoms with van der Waals surface area (Å²) in [5.41, 5.74) is 5.50. The molecule has 0 aliphatic carbocycles. The van der Waals surface area contributed by atoms with Crippen LogP contribution in [0.15, 0.2) is 23.1 Å². The van der Waals surface area contributed by atoms with Crippen molar-refractivity contribution in [3.8, 4) is 0 Å². The average Bonchev–Trinajstić information content (AvgIpc) is 2.13. The van der Waals surface area contributed by atoms with Gasteiger partial charge in [0.25, 0.3) is 10.1 Å². The zero-order chi connectivity index (χ0) is 13.9. The zero-order valence-corrected chi connectivity index (χ0v) is 10.3.